The van der Waals surface area contributed by atoms with Gasteiger partial charge in [-0.15, -0.1) is 0 Å². The minimum absolute atomic E-state index is 0.153. The Hall–Kier alpha value is -3.72. The highest BCUT2D eigenvalue weighted by Crippen LogP contribution is 2.43. The lowest BCUT2D eigenvalue weighted by atomic mass is 9.77. The van der Waals surface area contributed by atoms with Crippen LogP contribution in [0, 0.1) is 20.8 Å². The number of hydrogen-bond acceptors (Lipinski definition) is 3. The van der Waals surface area contributed by atoms with Crippen molar-refractivity contribution in [1.82, 2.24) is 0 Å². The monoisotopic (exact) mass is 859 g/mol. The van der Waals surface area contributed by atoms with Gasteiger partial charge in [0.25, 0.3) is 0 Å². The molecule has 0 bridgehead atoms. The maximum absolute atomic E-state index is 11.4. The topological polar surface area (TPSA) is 60.7 Å². The van der Waals surface area contributed by atoms with Gasteiger partial charge in [-0.05, 0) is 195 Å². The van der Waals surface area contributed by atoms with Gasteiger partial charge in [-0.25, -0.2) is 0 Å². The van der Waals surface area contributed by atoms with Crippen LogP contribution >= 0.6 is 0 Å². The second-order valence-corrected chi connectivity index (χ2v) is 25.5. The van der Waals surface area contributed by atoms with Crippen molar-refractivity contribution in [3.63, 3.8) is 0 Å². The number of phenols is 3. The first kappa shape index (κ1) is 51.9. The molecule has 0 spiro atoms. The Kier molecular flexibility index (Phi) is 15.4. The first-order valence-corrected chi connectivity index (χ1v) is 24.3. The Balaban J connectivity index is 1.74. The second-order valence-electron chi connectivity index (χ2n) is 25.5. The summed E-state index contributed by atoms with van der Waals surface area (Å²) in [6.45, 7) is 46.7. The number of hydrogen-bond donors (Lipinski definition) is 3. The van der Waals surface area contributed by atoms with Crippen LogP contribution in [0.3, 0.4) is 0 Å². The van der Waals surface area contributed by atoms with Crippen molar-refractivity contribution >= 4 is 0 Å². The molecule has 0 atom stereocenters. The molecule has 4 rings (SSSR count). The third-order valence-electron chi connectivity index (χ3n) is 13.7. The van der Waals surface area contributed by atoms with Gasteiger partial charge < -0.3 is 15.3 Å². The average Bonchev–Trinajstić information content (AvgIpc) is 3.11. The zero-order valence-electron chi connectivity index (χ0n) is 44.2. The quantitative estimate of drug-likeness (QED) is 0.133. The van der Waals surface area contributed by atoms with Gasteiger partial charge in [-0.1, -0.05) is 161 Å². The molecule has 3 N–H and O–H groups in total. The SMILES string of the molecule is Cc1c(CCCc2cc(C(C)(C)C)c(O)c(C(C)(C)C)c2)c(C)c(CCCc2cc(C(C)(C)C)c(O)c(C(C)(C)C)c2)c(C)c1CCCc1cc(C(C)(C)C)c(O)c(C(C)(C)C)c1. The molecule has 0 unspecified atom stereocenters. The summed E-state index contributed by atoms with van der Waals surface area (Å²) in [6.07, 6.45) is 9.05. The second kappa shape index (κ2) is 18.6. The third kappa shape index (κ3) is 12.3. The van der Waals surface area contributed by atoms with Gasteiger partial charge in [0.2, 0.25) is 0 Å². The molecule has 0 aromatic heterocycles. The highest BCUT2D eigenvalue weighted by molar-refractivity contribution is 5.54. The summed E-state index contributed by atoms with van der Waals surface area (Å²) in [5, 5.41) is 34.3. The molecule has 0 heterocycles. The minimum atomic E-state index is -0.153. The standard InChI is InChI=1S/C60H90O3/c1-37-43(28-22-25-40-31-46(55(4,5)6)52(61)47(32-40)56(7,8)9)38(2)45(30-24-27-42-35-50(59(16,17)18)54(63)51(36-42)60(19,20)21)39(3)44(37)29-23-26-41-33-48(57(10,11)12)53(62)49(34-41)58(13,14)15/h31-36,61-63H,22-30H2,1-21H3. The van der Waals surface area contributed by atoms with E-state index in [9.17, 15) is 15.3 Å². The van der Waals surface area contributed by atoms with E-state index in [1.165, 1.54) is 50.1 Å². The predicted octanol–water partition coefficient (Wildman–Crippen LogP) is 16.0. The molecule has 348 valence electrons. The number of aromatic hydroxyl groups is 3. The van der Waals surface area contributed by atoms with Gasteiger partial charge in [-0.2, -0.15) is 0 Å². The zero-order valence-corrected chi connectivity index (χ0v) is 44.2. The zero-order chi connectivity index (χ0) is 48.0. The van der Waals surface area contributed by atoms with Crippen molar-refractivity contribution in [3.8, 4) is 17.2 Å². The molecule has 0 aliphatic heterocycles. The van der Waals surface area contributed by atoms with E-state index >= 15 is 0 Å². The van der Waals surface area contributed by atoms with Crippen molar-refractivity contribution in [1.29, 1.82) is 0 Å². The van der Waals surface area contributed by atoms with Crippen molar-refractivity contribution in [2.24, 2.45) is 0 Å². The Bertz CT molecular complexity index is 1870. The fourth-order valence-corrected chi connectivity index (χ4v) is 9.87. The van der Waals surface area contributed by atoms with Crippen LogP contribution in [0.2, 0.25) is 0 Å². The van der Waals surface area contributed by atoms with Crippen LogP contribution in [0.15, 0.2) is 36.4 Å². The molecule has 0 saturated carbocycles. The van der Waals surface area contributed by atoms with Crippen molar-refractivity contribution < 1.29 is 15.3 Å². The van der Waals surface area contributed by atoms with Crippen LogP contribution in [0.1, 0.15) is 227 Å². The lowest BCUT2D eigenvalue weighted by molar-refractivity contribution is 0.421. The Labute approximate surface area is 386 Å². The predicted molar refractivity (Wildman–Crippen MR) is 273 cm³/mol. The third-order valence-corrected chi connectivity index (χ3v) is 13.7. The molecule has 0 amide bonds. The Morgan fingerprint density at radius 1 is 0.286 bits per heavy atom. The van der Waals surface area contributed by atoms with Crippen LogP contribution in [0.25, 0.3) is 0 Å². The van der Waals surface area contributed by atoms with Crippen molar-refractivity contribution in [2.45, 2.75) is 236 Å². The van der Waals surface area contributed by atoms with Crippen molar-refractivity contribution in [2.75, 3.05) is 0 Å². The molecule has 63 heavy (non-hydrogen) atoms. The van der Waals surface area contributed by atoms with E-state index < -0.39 is 0 Å². The number of aryl methyl sites for hydroxylation is 3. The summed E-state index contributed by atoms with van der Waals surface area (Å²) in [6, 6.07) is 13.6. The van der Waals surface area contributed by atoms with Crippen LogP contribution < -0.4 is 0 Å². The van der Waals surface area contributed by atoms with Gasteiger partial charge in [0.1, 0.15) is 17.2 Å². The molecule has 4 aromatic rings. The molecule has 3 nitrogen and oxygen atoms in total. The Morgan fingerprint density at radius 3 is 0.587 bits per heavy atom. The normalized spacial score (nSPS) is 13.3. The molecular weight excluding hydrogens is 769 g/mol. The van der Waals surface area contributed by atoms with E-state index in [1.807, 2.05) is 0 Å². The Morgan fingerprint density at radius 2 is 0.444 bits per heavy atom. The van der Waals surface area contributed by atoms with E-state index in [1.54, 1.807) is 0 Å². The summed E-state index contributed by atoms with van der Waals surface area (Å²) >= 11 is 0. The minimum Gasteiger partial charge on any atom is -0.507 e. The number of phenolic OH excluding ortho intramolecular Hbond substituents is 3. The molecule has 4 aromatic carbocycles. The van der Waals surface area contributed by atoms with Crippen LogP contribution in [-0.4, -0.2) is 15.3 Å². The fraction of sp³-hybridized carbons (Fsp3) is 0.600. The molecule has 0 saturated heterocycles. The largest absolute Gasteiger partial charge is 0.507 e. The summed E-state index contributed by atoms with van der Waals surface area (Å²) in [4.78, 5) is 0. The first-order chi connectivity index (χ1) is 28.5. The van der Waals surface area contributed by atoms with E-state index in [2.05, 4.69) is 182 Å². The van der Waals surface area contributed by atoms with E-state index in [0.29, 0.717) is 17.2 Å². The molecule has 3 heteroatoms. The summed E-state index contributed by atoms with van der Waals surface area (Å²) in [7, 11) is 0. The van der Waals surface area contributed by atoms with Crippen LogP contribution in [0.5, 0.6) is 17.2 Å². The average molecular weight is 859 g/mol. The van der Waals surface area contributed by atoms with E-state index in [4.69, 9.17) is 0 Å². The van der Waals surface area contributed by atoms with E-state index in [0.717, 1.165) is 91.2 Å². The van der Waals surface area contributed by atoms with Crippen LogP contribution in [-0.2, 0) is 71.0 Å². The summed E-state index contributed by atoms with van der Waals surface area (Å²) in [5.41, 5.74) is 18.1. The molecule has 0 fully saturated rings. The number of rotatable bonds is 12. The lowest BCUT2D eigenvalue weighted by Gasteiger charge is -2.28. The lowest BCUT2D eigenvalue weighted by Crippen LogP contribution is -2.18. The smallest absolute Gasteiger partial charge is 0.123 e. The first-order valence-electron chi connectivity index (χ1n) is 24.3. The maximum atomic E-state index is 11.4. The summed E-state index contributed by atoms with van der Waals surface area (Å²) in [5.74, 6) is 1.35. The number of benzene rings is 4. The van der Waals surface area contributed by atoms with Gasteiger partial charge in [0.15, 0.2) is 0 Å². The molecule has 0 aliphatic carbocycles. The highest BCUT2D eigenvalue weighted by atomic mass is 16.3. The van der Waals surface area contributed by atoms with Gasteiger partial charge in [0.05, 0.1) is 0 Å². The van der Waals surface area contributed by atoms with E-state index in [-0.39, 0.29) is 32.5 Å². The maximum Gasteiger partial charge on any atom is 0.123 e. The van der Waals surface area contributed by atoms with Gasteiger partial charge >= 0.3 is 0 Å². The van der Waals surface area contributed by atoms with Crippen molar-refractivity contribution in [3.05, 3.63) is 120 Å². The fourth-order valence-electron chi connectivity index (χ4n) is 9.87. The van der Waals surface area contributed by atoms with Gasteiger partial charge in [0, 0.05) is 0 Å². The molecule has 0 aliphatic rings. The molecule has 0 radical (unpaired) electrons. The van der Waals surface area contributed by atoms with Gasteiger partial charge in [-0.3, -0.25) is 0 Å². The summed E-state index contributed by atoms with van der Waals surface area (Å²) < 4.78 is 0. The van der Waals surface area contributed by atoms with Crippen LogP contribution in [0.4, 0.5) is 0 Å². The highest BCUT2D eigenvalue weighted by Gasteiger charge is 2.30. The molecular formula is C60H90O3.